The molecule has 0 N–H and O–H groups in total. The van der Waals surface area contributed by atoms with Crippen LogP contribution in [0.3, 0.4) is 0 Å². The van der Waals surface area contributed by atoms with E-state index in [0.717, 1.165) is 18.3 Å². The zero-order valence-corrected chi connectivity index (χ0v) is 13.1. The highest BCUT2D eigenvalue weighted by atomic mass is 16.5. The molecule has 20 heavy (non-hydrogen) atoms. The van der Waals surface area contributed by atoms with Gasteiger partial charge in [0, 0.05) is 0 Å². The normalized spacial score (nSPS) is 15.7. The van der Waals surface area contributed by atoms with Gasteiger partial charge in [-0.1, -0.05) is 64.0 Å². The summed E-state index contributed by atoms with van der Waals surface area (Å²) >= 11 is 0. The number of benzene rings is 1. The summed E-state index contributed by atoms with van der Waals surface area (Å²) in [5, 5.41) is 0. The van der Waals surface area contributed by atoms with E-state index in [1.807, 2.05) is 0 Å². The monoisotopic (exact) mass is 274 g/mol. The third-order valence-electron chi connectivity index (χ3n) is 4.47. The van der Waals surface area contributed by atoms with Gasteiger partial charge in [-0.05, 0) is 42.9 Å². The van der Waals surface area contributed by atoms with Crippen molar-refractivity contribution in [1.29, 1.82) is 0 Å². The molecule has 1 fully saturated rings. The zero-order valence-electron chi connectivity index (χ0n) is 13.1. The van der Waals surface area contributed by atoms with Crippen LogP contribution < -0.4 is 4.74 Å². The second kappa shape index (κ2) is 9.05. The van der Waals surface area contributed by atoms with E-state index in [4.69, 9.17) is 4.74 Å². The molecule has 0 radical (unpaired) electrons. The summed E-state index contributed by atoms with van der Waals surface area (Å²) in [6.07, 6.45) is 13.5. The summed E-state index contributed by atoms with van der Waals surface area (Å²) in [6, 6.07) is 8.86. The SMILES string of the molecule is CCCCCCCCOc1ccc(C2CCCC2)cc1. The van der Waals surface area contributed by atoms with Gasteiger partial charge in [0.1, 0.15) is 5.75 Å². The summed E-state index contributed by atoms with van der Waals surface area (Å²) in [5.41, 5.74) is 1.51. The maximum Gasteiger partial charge on any atom is 0.119 e. The minimum Gasteiger partial charge on any atom is -0.494 e. The van der Waals surface area contributed by atoms with Crippen LogP contribution in [-0.2, 0) is 0 Å². The van der Waals surface area contributed by atoms with E-state index in [1.165, 1.54) is 69.8 Å². The van der Waals surface area contributed by atoms with Gasteiger partial charge in [-0.25, -0.2) is 0 Å². The van der Waals surface area contributed by atoms with Crippen LogP contribution in [0.4, 0.5) is 0 Å². The Morgan fingerprint density at radius 2 is 1.55 bits per heavy atom. The van der Waals surface area contributed by atoms with Crippen molar-refractivity contribution in [2.75, 3.05) is 6.61 Å². The molecule has 0 heterocycles. The van der Waals surface area contributed by atoms with Crippen molar-refractivity contribution >= 4 is 0 Å². The van der Waals surface area contributed by atoms with Crippen molar-refractivity contribution in [2.45, 2.75) is 77.0 Å². The Morgan fingerprint density at radius 1 is 0.900 bits per heavy atom. The van der Waals surface area contributed by atoms with Gasteiger partial charge in [0.2, 0.25) is 0 Å². The minimum atomic E-state index is 0.808. The Bertz CT molecular complexity index is 349. The predicted molar refractivity (Wildman–Crippen MR) is 86.5 cm³/mol. The molecule has 0 bridgehead atoms. The van der Waals surface area contributed by atoms with Gasteiger partial charge in [0.15, 0.2) is 0 Å². The molecule has 0 aromatic heterocycles. The first-order valence-corrected chi connectivity index (χ1v) is 8.63. The van der Waals surface area contributed by atoms with Crippen LogP contribution in [0.25, 0.3) is 0 Å². The van der Waals surface area contributed by atoms with E-state index >= 15 is 0 Å². The van der Waals surface area contributed by atoms with E-state index < -0.39 is 0 Å². The first-order valence-electron chi connectivity index (χ1n) is 8.63. The molecule has 1 saturated carbocycles. The van der Waals surface area contributed by atoms with Gasteiger partial charge in [-0.15, -0.1) is 0 Å². The highest BCUT2D eigenvalue weighted by Crippen LogP contribution is 2.34. The van der Waals surface area contributed by atoms with Gasteiger partial charge in [0.25, 0.3) is 0 Å². The van der Waals surface area contributed by atoms with Gasteiger partial charge in [0.05, 0.1) is 6.61 Å². The quantitative estimate of drug-likeness (QED) is 0.495. The molecule has 1 aromatic rings. The number of hydrogen-bond acceptors (Lipinski definition) is 1. The van der Waals surface area contributed by atoms with Gasteiger partial charge in [-0.3, -0.25) is 0 Å². The fraction of sp³-hybridized carbons (Fsp3) is 0.684. The highest BCUT2D eigenvalue weighted by Gasteiger charge is 2.16. The van der Waals surface area contributed by atoms with Gasteiger partial charge < -0.3 is 4.74 Å². The second-order valence-corrected chi connectivity index (χ2v) is 6.17. The van der Waals surface area contributed by atoms with Crippen molar-refractivity contribution in [2.24, 2.45) is 0 Å². The molecule has 112 valence electrons. The molecule has 0 aliphatic heterocycles. The lowest BCUT2D eigenvalue weighted by molar-refractivity contribution is 0.304. The molecule has 1 heteroatoms. The van der Waals surface area contributed by atoms with Crippen LogP contribution in [0.2, 0.25) is 0 Å². The molecule has 2 rings (SSSR count). The largest absolute Gasteiger partial charge is 0.494 e. The van der Waals surface area contributed by atoms with Crippen LogP contribution in [0.1, 0.15) is 82.6 Å². The van der Waals surface area contributed by atoms with Crippen LogP contribution >= 0.6 is 0 Å². The molecule has 1 aromatic carbocycles. The standard InChI is InChI=1S/C19H30O/c1-2-3-4-5-6-9-16-20-19-14-12-18(13-15-19)17-10-7-8-11-17/h12-15,17H,2-11,16H2,1H3. The van der Waals surface area contributed by atoms with E-state index in [9.17, 15) is 0 Å². The van der Waals surface area contributed by atoms with Crippen molar-refractivity contribution in [3.8, 4) is 5.75 Å². The Morgan fingerprint density at radius 3 is 2.25 bits per heavy atom. The average molecular weight is 274 g/mol. The second-order valence-electron chi connectivity index (χ2n) is 6.17. The molecule has 1 nitrogen and oxygen atoms in total. The molecule has 0 atom stereocenters. The lowest BCUT2D eigenvalue weighted by Crippen LogP contribution is -1.98. The van der Waals surface area contributed by atoms with Crippen molar-refractivity contribution < 1.29 is 4.74 Å². The fourth-order valence-corrected chi connectivity index (χ4v) is 3.17. The summed E-state index contributed by atoms with van der Waals surface area (Å²) in [5.74, 6) is 1.85. The summed E-state index contributed by atoms with van der Waals surface area (Å²) < 4.78 is 5.83. The third-order valence-corrected chi connectivity index (χ3v) is 4.47. The molecule has 0 spiro atoms. The molecule has 0 unspecified atom stereocenters. The first-order chi connectivity index (χ1) is 9.90. The van der Waals surface area contributed by atoms with Gasteiger partial charge >= 0.3 is 0 Å². The van der Waals surface area contributed by atoms with Crippen molar-refractivity contribution in [1.82, 2.24) is 0 Å². The number of unbranched alkanes of at least 4 members (excludes halogenated alkanes) is 5. The van der Waals surface area contributed by atoms with Crippen LogP contribution in [0.15, 0.2) is 24.3 Å². The summed E-state index contributed by atoms with van der Waals surface area (Å²) in [4.78, 5) is 0. The molecular weight excluding hydrogens is 244 g/mol. The Kier molecular flexibility index (Phi) is 6.97. The smallest absolute Gasteiger partial charge is 0.119 e. The van der Waals surface area contributed by atoms with E-state index in [0.29, 0.717) is 0 Å². The maximum atomic E-state index is 5.83. The molecule has 1 aliphatic rings. The minimum absolute atomic E-state index is 0.808. The van der Waals surface area contributed by atoms with Crippen LogP contribution in [0.5, 0.6) is 5.75 Å². The van der Waals surface area contributed by atoms with E-state index in [-0.39, 0.29) is 0 Å². The highest BCUT2D eigenvalue weighted by molar-refractivity contribution is 5.29. The topological polar surface area (TPSA) is 9.23 Å². The Labute approximate surface area is 124 Å². The zero-order chi connectivity index (χ0) is 14.0. The Balaban J connectivity index is 1.61. The lowest BCUT2D eigenvalue weighted by Gasteiger charge is -2.11. The average Bonchev–Trinajstić information content (AvgIpc) is 3.01. The first kappa shape index (κ1) is 15.4. The van der Waals surface area contributed by atoms with Crippen molar-refractivity contribution in [3.05, 3.63) is 29.8 Å². The fourth-order valence-electron chi connectivity index (χ4n) is 3.17. The number of ether oxygens (including phenoxy) is 1. The number of hydrogen-bond donors (Lipinski definition) is 0. The van der Waals surface area contributed by atoms with Crippen molar-refractivity contribution in [3.63, 3.8) is 0 Å². The third kappa shape index (κ3) is 5.19. The van der Waals surface area contributed by atoms with E-state index in [1.54, 1.807) is 0 Å². The predicted octanol–water partition coefficient (Wildman–Crippen LogP) is 6.08. The summed E-state index contributed by atoms with van der Waals surface area (Å²) in [7, 11) is 0. The lowest BCUT2D eigenvalue weighted by atomic mass is 9.98. The van der Waals surface area contributed by atoms with E-state index in [2.05, 4.69) is 31.2 Å². The molecule has 0 saturated heterocycles. The molecule has 0 amide bonds. The molecular formula is C19H30O. The van der Waals surface area contributed by atoms with Gasteiger partial charge in [-0.2, -0.15) is 0 Å². The van der Waals surface area contributed by atoms with Crippen LogP contribution in [-0.4, -0.2) is 6.61 Å². The van der Waals surface area contributed by atoms with Crippen LogP contribution in [0, 0.1) is 0 Å². The molecule has 1 aliphatic carbocycles. The Hall–Kier alpha value is -0.980. The summed E-state index contributed by atoms with van der Waals surface area (Å²) in [6.45, 7) is 3.13. The maximum absolute atomic E-state index is 5.83. The number of rotatable bonds is 9.